The first-order valence-corrected chi connectivity index (χ1v) is 14.1. The van der Waals surface area contributed by atoms with E-state index in [-0.39, 0.29) is 0 Å². The van der Waals surface area contributed by atoms with Crippen molar-refractivity contribution in [1.29, 1.82) is 0 Å². The molecule has 0 N–H and O–H groups in total. The van der Waals surface area contributed by atoms with Crippen LogP contribution in [0, 0.1) is 0 Å². The molecule has 0 heterocycles. The third-order valence-corrected chi connectivity index (χ3v) is 19.5. The minimum absolute atomic E-state index is 0.679. The Labute approximate surface area is 119 Å². The molecular weight excluding hydrogens is 339 g/mol. The van der Waals surface area contributed by atoms with Gasteiger partial charge in [-0.1, -0.05) is 0 Å². The van der Waals surface area contributed by atoms with Crippen molar-refractivity contribution in [1.82, 2.24) is 0 Å². The molecule has 1 atom stereocenters. The number of benzene rings is 2. The second-order valence-electron chi connectivity index (χ2n) is 5.46. The molecule has 0 radical (unpaired) electrons. The van der Waals surface area contributed by atoms with Gasteiger partial charge in [-0.15, -0.1) is 0 Å². The van der Waals surface area contributed by atoms with Crippen LogP contribution in [0.5, 0.6) is 0 Å². The Morgan fingerprint density at radius 2 is 1.42 bits per heavy atom. The van der Waals surface area contributed by atoms with Gasteiger partial charge in [0.05, 0.1) is 0 Å². The molecule has 0 bridgehead atoms. The van der Waals surface area contributed by atoms with Crippen LogP contribution in [-0.2, 0) is 0 Å². The summed E-state index contributed by atoms with van der Waals surface area (Å²) < 4.78 is 3.66. The van der Waals surface area contributed by atoms with Crippen LogP contribution in [0.4, 0.5) is 0 Å². The van der Waals surface area contributed by atoms with E-state index >= 15 is 0 Å². The van der Waals surface area contributed by atoms with Crippen LogP contribution in [0.15, 0.2) is 54.6 Å². The van der Waals surface area contributed by atoms with Crippen molar-refractivity contribution in [2.24, 2.45) is 0 Å². The van der Waals surface area contributed by atoms with Crippen molar-refractivity contribution in [3.63, 3.8) is 0 Å². The van der Waals surface area contributed by atoms with Crippen LogP contribution in [0.2, 0.25) is 8.87 Å². The van der Waals surface area contributed by atoms with Gasteiger partial charge in [0.2, 0.25) is 0 Å². The zero-order valence-electron chi connectivity index (χ0n) is 11.8. The summed E-state index contributed by atoms with van der Waals surface area (Å²) in [5.41, 5.74) is 0.759. The van der Waals surface area contributed by atoms with Crippen LogP contribution in [0.25, 0.3) is 0 Å². The molecule has 2 heteroatoms. The average Bonchev–Trinajstić information content (AvgIpc) is 2.47. The van der Waals surface area contributed by atoms with E-state index < -0.39 is 18.4 Å². The maximum atomic E-state index is 10.8. The fourth-order valence-corrected chi connectivity index (χ4v) is 12.3. The number of aldehydes is 1. The molecule has 0 saturated carbocycles. The molecule has 0 fully saturated rings. The zero-order chi connectivity index (χ0) is 13.9. The summed E-state index contributed by atoms with van der Waals surface area (Å²) in [7, 11) is 0. The van der Waals surface area contributed by atoms with Gasteiger partial charge >= 0.3 is 119 Å². The topological polar surface area (TPSA) is 17.1 Å². The molecule has 1 unspecified atom stereocenters. The third-order valence-electron chi connectivity index (χ3n) is 4.17. The summed E-state index contributed by atoms with van der Waals surface area (Å²) in [5, 5.41) is 0. The number of carbonyl (C=O) groups excluding carboxylic acids is 1. The van der Waals surface area contributed by atoms with Crippen molar-refractivity contribution in [2.75, 3.05) is 0 Å². The first-order valence-electron chi connectivity index (χ1n) is 6.70. The van der Waals surface area contributed by atoms with E-state index in [1.54, 1.807) is 0 Å². The molecule has 0 aromatic heterocycles. The average molecular weight is 359 g/mol. The minimum atomic E-state index is -2.60. The summed E-state index contributed by atoms with van der Waals surface area (Å²) >= 11 is -2.60. The summed E-state index contributed by atoms with van der Waals surface area (Å²) in [4.78, 5) is 13.3. The summed E-state index contributed by atoms with van der Waals surface area (Å²) in [6.45, 7) is 4.66. The second-order valence-corrected chi connectivity index (χ2v) is 18.9. The van der Waals surface area contributed by atoms with E-state index in [4.69, 9.17) is 0 Å². The standard InChI is InChI=1S/C7H5O.C6H5.C3H7.CH3.Sn/c8-6-7-4-2-1-3-5-7;1-2-4-6-5-3-1;1-3-2;;/h2-6H;1-5H;3H,1-2H3;1H3;. The molecule has 0 aliphatic heterocycles. The van der Waals surface area contributed by atoms with Crippen molar-refractivity contribution < 1.29 is 4.79 Å². The van der Waals surface area contributed by atoms with Gasteiger partial charge in [0.15, 0.2) is 0 Å². The Kier molecular flexibility index (Phi) is 4.45. The summed E-state index contributed by atoms with van der Waals surface area (Å²) in [5.74, 6) is 0. The normalized spacial score (nSPS) is 14.1. The van der Waals surface area contributed by atoms with Crippen LogP contribution in [-0.4, -0.2) is 24.7 Å². The van der Waals surface area contributed by atoms with Gasteiger partial charge in [-0.25, -0.2) is 0 Å². The van der Waals surface area contributed by atoms with Gasteiger partial charge in [0.25, 0.3) is 0 Å². The number of rotatable bonds is 4. The van der Waals surface area contributed by atoms with E-state index in [0.717, 1.165) is 11.8 Å². The molecule has 0 aliphatic carbocycles. The summed E-state index contributed by atoms with van der Waals surface area (Å²) in [6.07, 6.45) is 0.911. The van der Waals surface area contributed by atoms with Gasteiger partial charge in [0.1, 0.15) is 0 Å². The number of hydrogen-bond acceptors (Lipinski definition) is 1. The van der Waals surface area contributed by atoms with E-state index in [2.05, 4.69) is 61.3 Å². The van der Waals surface area contributed by atoms with Gasteiger partial charge in [-0.2, -0.15) is 0 Å². The van der Waals surface area contributed by atoms with E-state index in [1.165, 1.54) is 7.16 Å². The van der Waals surface area contributed by atoms with Crippen LogP contribution < -0.4 is 7.16 Å². The second kappa shape index (κ2) is 5.91. The Morgan fingerprint density at radius 1 is 0.895 bits per heavy atom. The molecule has 2 aromatic rings. The first kappa shape index (κ1) is 14.3. The van der Waals surface area contributed by atoms with Crippen LogP contribution in [0.1, 0.15) is 24.2 Å². The fourth-order valence-electron chi connectivity index (χ4n) is 2.53. The summed E-state index contributed by atoms with van der Waals surface area (Å²) in [6, 6.07) is 19.1. The molecule has 0 saturated heterocycles. The van der Waals surface area contributed by atoms with Crippen molar-refractivity contribution in [2.45, 2.75) is 22.7 Å². The molecule has 0 amide bonds. The van der Waals surface area contributed by atoms with E-state index in [1.807, 2.05) is 12.1 Å². The maximum absolute atomic E-state index is 10.8. The molecule has 2 aromatic carbocycles. The van der Waals surface area contributed by atoms with Gasteiger partial charge < -0.3 is 0 Å². The molecular formula is C17H20OSn. The van der Waals surface area contributed by atoms with Gasteiger partial charge in [-0.3, -0.25) is 0 Å². The molecule has 0 spiro atoms. The quantitative estimate of drug-likeness (QED) is 0.606. The van der Waals surface area contributed by atoms with Crippen LogP contribution >= 0.6 is 0 Å². The van der Waals surface area contributed by atoms with Crippen molar-refractivity contribution >= 4 is 31.8 Å². The Hall–Kier alpha value is -1.09. The first-order chi connectivity index (χ1) is 9.09. The third kappa shape index (κ3) is 2.76. The Balaban J connectivity index is 2.53. The van der Waals surface area contributed by atoms with Crippen molar-refractivity contribution in [3.8, 4) is 0 Å². The predicted molar refractivity (Wildman–Crippen MR) is 84.3 cm³/mol. The molecule has 0 aliphatic rings. The SMILES string of the molecule is C[CH](C)[Sn]([CH3])([c]1ccccc1)[c]1ccc(C=O)cc1. The van der Waals surface area contributed by atoms with Gasteiger partial charge in [-0.05, 0) is 0 Å². The Bertz CT molecular complexity index is 545. The monoisotopic (exact) mass is 360 g/mol. The molecule has 98 valence electrons. The number of carbonyl (C=O) groups is 1. The van der Waals surface area contributed by atoms with Crippen molar-refractivity contribution in [3.05, 3.63) is 60.2 Å². The zero-order valence-corrected chi connectivity index (χ0v) is 14.6. The van der Waals surface area contributed by atoms with Gasteiger partial charge in [0, 0.05) is 0 Å². The van der Waals surface area contributed by atoms with Crippen LogP contribution in [0.3, 0.4) is 0 Å². The Morgan fingerprint density at radius 3 is 1.89 bits per heavy atom. The molecule has 19 heavy (non-hydrogen) atoms. The van der Waals surface area contributed by atoms with E-state index in [9.17, 15) is 4.79 Å². The molecule has 2 rings (SSSR count). The van der Waals surface area contributed by atoms with E-state index in [0.29, 0.717) is 3.93 Å². The molecule has 1 nitrogen and oxygen atoms in total. The number of hydrogen-bond donors (Lipinski definition) is 0. The fraction of sp³-hybridized carbons (Fsp3) is 0.235. The predicted octanol–water partition coefficient (Wildman–Crippen LogP) is 3.10.